The fourth-order valence-corrected chi connectivity index (χ4v) is 7.42. The van der Waals surface area contributed by atoms with Crippen molar-refractivity contribution in [2.24, 2.45) is 0 Å². The van der Waals surface area contributed by atoms with Gasteiger partial charge in [0.15, 0.2) is 0 Å². The van der Waals surface area contributed by atoms with Gasteiger partial charge in [-0.25, -0.2) is 4.98 Å². The molecule has 0 amide bonds. The number of aromatic amines is 1. The maximum Gasteiger partial charge on any atom is 0.130 e. The molecule has 0 bridgehead atoms. The van der Waals surface area contributed by atoms with Gasteiger partial charge in [0.05, 0.1) is 5.69 Å². The molecule has 0 atom stereocenters. The summed E-state index contributed by atoms with van der Waals surface area (Å²) in [5.41, 5.74) is 14.5. The highest BCUT2D eigenvalue weighted by Crippen LogP contribution is 2.58. The number of fused-ring (bicyclic) bond motifs is 4. The maximum atomic E-state index is 7.28. The highest BCUT2D eigenvalue weighted by Gasteiger charge is 2.31. The molecule has 47 heavy (non-hydrogen) atoms. The average Bonchev–Trinajstić information content (AvgIpc) is 3.75. The first-order valence-corrected chi connectivity index (χ1v) is 15.9. The molecule has 9 rings (SSSR count). The van der Waals surface area contributed by atoms with Gasteiger partial charge >= 0.3 is 0 Å². The smallest absolute Gasteiger partial charge is 0.130 e. The molecule has 0 spiro atoms. The van der Waals surface area contributed by atoms with E-state index < -0.39 is 0 Å². The molecule has 1 heterocycles. The maximum absolute atomic E-state index is 7.28. The van der Waals surface area contributed by atoms with Crippen molar-refractivity contribution in [1.29, 1.82) is 5.41 Å². The van der Waals surface area contributed by atoms with Gasteiger partial charge in [-0.2, -0.15) is 0 Å². The fourth-order valence-electron chi connectivity index (χ4n) is 7.42. The van der Waals surface area contributed by atoms with Crippen molar-refractivity contribution in [2.45, 2.75) is 0 Å². The topological polar surface area (TPSA) is 52.5 Å². The first-order chi connectivity index (χ1) is 23.3. The molecule has 2 N–H and O–H groups in total. The summed E-state index contributed by atoms with van der Waals surface area (Å²) < 4.78 is 0. The zero-order valence-electron chi connectivity index (χ0n) is 25.5. The van der Waals surface area contributed by atoms with Crippen molar-refractivity contribution >= 4 is 33.8 Å². The summed E-state index contributed by atoms with van der Waals surface area (Å²) in [6, 6.07) is 50.7. The summed E-state index contributed by atoms with van der Waals surface area (Å²) >= 11 is 0. The predicted molar refractivity (Wildman–Crippen MR) is 198 cm³/mol. The van der Waals surface area contributed by atoms with Crippen LogP contribution in [-0.4, -0.2) is 16.2 Å². The lowest BCUT2D eigenvalue weighted by molar-refractivity contribution is 1.27. The SMILES string of the molecule is N=CC=Cc1nc(-c2cccc(-c3ccc4c5c(cccc35)-c3c-4c(-c4ccccc4)c4ccccc4c3-c3ccccc3)c2)c[nH]1. The Morgan fingerprint density at radius 1 is 0.489 bits per heavy atom. The number of benzene rings is 7. The van der Waals surface area contributed by atoms with Crippen LogP contribution < -0.4 is 0 Å². The van der Waals surface area contributed by atoms with Crippen LogP contribution in [0.25, 0.3) is 94.5 Å². The highest BCUT2D eigenvalue weighted by molar-refractivity contribution is 6.28. The van der Waals surface area contributed by atoms with Gasteiger partial charge in [-0.1, -0.05) is 133 Å². The minimum absolute atomic E-state index is 0.729. The first kappa shape index (κ1) is 27.0. The van der Waals surface area contributed by atoms with Crippen LogP contribution in [0.2, 0.25) is 0 Å². The van der Waals surface area contributed by atoms with E-state index in [0.717, 1.165) is 22.6 Å². The first-order valence-electron chi connectivity index (χ1n) is 15.9. The van der Waals surface area contributed by atoms with E-state index in [2.05, 4.69) is 145 Å². The molecule has 0 aliphatic heterocycles. The average molecular weight is 600 g/mol. The van der Waals surface area contributed by atoms with Crippen molar-refractivity contribution < 1.29 is 0 Å². The van der Waals surface area contributed by atoms with Crippen LogP contribution in [0.5, 0.6) is 0 Å². The zero-order chi connectivity index (χ0) is 31.3. The van der Waals surface area contributed by atoms with Gasteiger partial charge in [-0.05, 0) is 95.4 Å². The van der Waals surface area contributed by atoms with Crippen LogP contribution >= 0.6 is 0 Å². The van der Waals surface area contributed by atoms with Crippen molar-refractivity contribution in [3.05, 3.63) is 158 Å². The molecule has 1 aromatic heterocycles. The second-order valence-electron chi connectivity index (χ2n) is 11.9. The normalized spacial score (nSPS) is 11.8. The third-order valence-corrected chi connectivity index (χ3v) is 9.34. The number of nitrogens with zero attached hydrogens (tertiary/aromatic N) is 1. The van der Waals surface area contributed by atoms with E-state index in [1.54, 1.807) is 12.2 Å². The van der Waals surface area contributed by atoms with Gasteiger partial charge in [0.25, 0.3) is 0 Å². The van der Waals surface area contributed by atoms with Gasteiger partial charge in [0, 0.05) is 18.0 Å². The van der Waals surface area contributed by atoms with Gasteiger partial charge in [-0.3, -0.25) is 0 Å². The lowest BCUT2D eigenvalue weighted by Gasteiger charge is -2.20. The molecule has 0 fully saturated rings. The van der Waals surface area contributed by atoms with Crippen LogP contribution in [0.4, 0.5) is 0 Å². The van der Waals surface area contributed by atoms with Crippen LogP contribution in [0.3, 0.4) is 0 Å². The summed E-state index contributed by atoms with van der Waals surface area (Å²) in [6.45, 7) is 0. The molecule has 220 valence electrons. The van der Waals surface area contributed by atoms with Crippen LogP contribution in [-0.2, 0) is 0 Å². The van der Waals surface area contributed by atoms with Crippen molar-refractivity contribution in [3.8, 4) is 66.9 Å². The Balaban J connectivity index is 1.32. The van der Waals surface area contributed by atoms with E-state index in [4.69, 9.17) is 10.4 Å². The Kier molecular flexibility index (Phi) is 6.29. The summed E-state index contributed by atoms with van der Waals surface area (Å²) in [4.78, 5) is 7.95. The molecule has 0 radical (unpaired) electrons. The Morgan fingerprint density at radius 2 is 1.04 bits per heavy atom. The van der Waals surface area contributed by atoms with E-state index in [1.165, 1.54) is 77.8 Å². The largest absolute Gasteiger partial charge is 0.344 e. The van der Waals surface area contributed by atoms with E-state index in [1.807, 2.05) is 6.20 Å². The molecular formula is C44H29N3. The molecule has 3 heteroatoms. The molecule has 0 unspecified atom stereocenters. The summed E-state index contributed by atoms with van der Waals surface area (Å²) in [7, 11) is 0. The number of imidazole rings is 1. The number of rotatable bonds is 6. The van der Waals surface area contributed by atoms with Gasteiger partial charge in [0.2, 0.25) is 0 Å². The minimum atomic E-state index is 0.729. The minimum Gasteiger partial charge on any atom is -0.344 e. The molecule has 1 aliphatic carbocycles. The second kappa shape index (κ2) is 10.9. The van der Waals surface area contributed by atoms with E-state index in [9.17, 15) is 0 Å². The molecule has 0 saturated carbocycles. The summed E-state index contributed by atoms with van der Waals surface area (Å²) in [5.74, 6) is 0.729. The van der Waals surface area contributed by atoms with Crippen molar-refractivity contribution in [3.63, 3.8) is 0 Å². The molecule has 3 nitrogen and oxygen atoms in total. The quantitative estimate of drug-likeness (QED) is 0.184. The highest BCUT2D eigenvalue weighted by atomic mass is 14.9. The number of H-pyrrole nitrogens is 1. The Hall–Kier alpha value is -6.32. The predicted octanol–water partition coefficient (Wildman–Crippen LogP) is 11.7. The van der Waals surface area contributed by atoms with E-state index in [-0.39, 0.29) is 0 Å². The molecule has 7 aromatic carbocycles. The van der Waals surface area contributed by atoms with Crippen molar-refractivity contribution in [2.75, 3.05) is 0 Å². The molecule has 1 aliphatic rings. The monoisotopic (exact) mass is 599 g/mol. The number of hydrogen-bond acceptors (Lipinski definition) is 2. The third-order valence-electron chi connectivity index (χ3n) is 9.34. The number of aromatic nitrogens is 2. The Morgan fingerprint density at radius 3 is 1.72 bits per heavy atom. The fraction of sp³-hybridized carbons (Fsp3) is 0. The molecule has 8 aromatic rings. The Labute approximate surface area is 273 Å². The molecular weight excluding hydrogens is 571 g/mol. The summed E-state index contributed by atoms with van der Waals surface area (Å²) in [5, 5.41) is 12.4. The van der Waals surface area contributed by atoms with E-state index in [0.29, 0.717) is 0 Å². The zero-order valence-corrected chi connectivity index (χ0v) is 25.5. The van der Waals surface area contributed by atoms with Crippen molar-refractivity contribution in [1.82, 2.24) is 9.97 Å². The lowest BCUT2D eigenvalue weighted by atomic mass is 9.82. The lowest BCUT2D eigenvalue weighted by Crippen LogP contribution is -1.93. The van der Waals surface area contributed by atoms with Crippen LogP contribution in [0.15, 0.2) is 152 Å². The standard InChI is InChI=1S/C44H29N3/c45-25-11-22-39-46-27-38(47-39)31-17-9-16-30(26-31)32-23-24-37-42-33(32)20-10-21-36(42)43-40(28-12-3-1-4-13-28)34-18-7-8-19-35(34)41(44(37)43)29-14-5-2-6-15-29/h1-27,45H,(H,46,47). The van der Waals surface area contributed by atoms with Gasteiger partial charge in [-0.15, -0.1) is 0 Å². The molecule has 0 saturated heterocycles. The second-order valence-corrected chi connectivity index (χ2v) is 11.9. The Bertz CT molecular complexity index is 2430. The van der Waals surface area contributed by atoms with Gasteiger partial charge in [0.1, 0.15) is 5.82 Å². The van der Waals surface area contributed by atoms with Crippen LogP contribution in [0.1, 0.15) is 5.82 Å². The summed E-state index contributed by atoms with van der Waals surface area (Å²) in [6.07, 6.45) is 6.65. The number of hydrogen-bond donors (Lipinski definition) is 2. The number of allylic oxidation sites excluding steroid dienone is 1. The third kappa shape index (κ3) is 4.28. The van der Waals surface area contributed by atoms with Gasteiger partial charge < -0.3 is 10.4 Å². The number of nitrogens with one attached hydrogen (secondary N) is 2. The van der Waals surface area contributed by atoms with E-state index >= 15 is 0 Å². The van der Waals surface area contributed by atoms with Crippen LogP contribution in [0, 0.1) is 5.41 Å².